The SMILES string of the molecule is CCCCCCCCCCCCCCCC(=O)NC([C-]=O)CCC(=O)NCCCCCC=O.[Na+].[OH-]. The van der Waals surface area contributed by atoms with E-state index in [1.165, 1.54) is 64.2 Å². The van der Waals surface area contributed by atoms with E-state index in [-0.39, 0.29) is 59.7 Å². The Morgan fingerprint density at radius 3 is 1.77 bits per heavy atom. The van der Waals surface area contributed by atoms with E-state index in [2.05, 4.69) is 17.6 Å². The molecule has 200 valence electrons. The number of hydrogen-bond donors (Lipinski definition) is 2. The summed E-state index contributed by atoms with van der Waals surface area (Å²) in [6, 6.07) is -0.724. The monoisotopic (exact) mass is 505 g/mol. The Labute approximate surface area is 236 Å². The van der Waals surface area contributed by atoms with Crippen molar-refractivity contribution in [2.45, 2.75) is 141 Å². The molecule has 0 aromatic carbocycles. The molecule has 8 heteroatoms. The number of amides is 2. The van der Waals surface area contributed by atoms with Gasteiger partial charge in [-0.05, 0) is 25.7 Å². The van der Waals surface area contributed by atoms with Gasteiger partial charge in [0.05, 0.1) is 0 Å². The van der Waals surface area contributed by atoms with Gasteiger partial charge in [-0.15, -0.1) is 0 Å². The fourth-order valence-corrected chi connectivity index (χ4v) is 3.85. The van der Waals surface area contributed by atoms with Crippen molar-refractivity contribution in [2.75, 3.05) is 6.54 Å². The van der Waals surface area contributed by atoms with Gasteiger partial charge in [-0.3, -0.25) is 9.59 Å². The Bertz CT molecular complexity index is 506. The van der Waals surface area contributed by atoms with Crippen LogP contribution in [0, 0.1) is 0 Å². The average Bonchev–Trinajstić information content (AvgIpc) is 2.81. The van der Waals surface area contributed by atoms with Crippen molar-refractivity contribution in [3.05, 3.63) is 0 Å². The topological polar surface area (TPSA) is 122 Å². The standard InChI is InChI=1S/C27H49N2O4.Na.H2O/c1-2-3-4-5-6-7-8-9-10-11-12-13-16-19-27(33)29-25(24-31)20-21-26(32)28-22-17-14-15-18-23-30;;/h23,25H,2-22H2,1H3,(H,28,32)(H,29,33);;1H2/q-1;+1;/p-1. The van der Waals surface area contributed by atoms with E-state index in [1.54, 1.807) is 0 Å². The normalized spacial score (nSPS) is 11.0. The maximum absolute atomic E-state index is 12.0. The molecule has 0 spiro atoms. The van der Waals surface area contributed by atoms with Gasteiger partial charge < -0.3 is 25.7 Å². The fraction of sp³-hybridized carbons (Fsp3) is 0.852. The molecule has 0 heterocycles. The third-order valence-corrected chi connectivity index (χ3v) is 5.97. The Morgan fingerprint density at radius 2 is 1.26 bits per heavy atom. The number of hydrogen-bond acceptors (Lipinski definition) is 5. The van der Waals surface area contributed by atoms with Gasteiger partial charge in [-0.25, -0.2) is 6.29 Å². The number of carbonyl (C=O) groups excluding carboxylic acids is 4. The quantitative estimate of drug-likeness (QED) is 0.0854. The molecule has 0 aromatic heterocycles. The van der Waals surface area contributed by atoms with Gasteiger partial charge in [-0.1, -0.05) is 96.4 Å². The summed E-state index contributed by atoms with van der Waals surface area (Å²) in [4.78, 5) is 45.2. The summed E-state index contributed by atoms with van der Waals surface area (Å²) in [7, 11) is 0. The average molecular weight is 506 g/mol. The van der Waals surface area contributed by atoms with Gasteiger partial charge in [0.25, 0.3) is 0 Å². The Morgan fingerprint density at radius 1 is 0.743 bits per heavy atom. The molecule has 7 nitrogen and oxygen atoms in total. The summed E-state index contributed by atoms with van der Waals surface area (Å²) in [6.45, 7) is 2.82. The van der Waals surface area contributed by atoms with Gasteiger partial charge in [0, 0.05) is 25.8 Å². The van der Waals surface area contributed by atoms with E-state index in [1.807, 2.05) is 6.29 Å². The minimum atomic E-state index is -0.724. The molecule has 0 saturated heterocycles. The predicted octanol–water partition coefficient (Wildman–Crippen LogP) is 2.55. The molecular weight excluding hydrogens is 455 g/mol. The van der Waals surface area contributed by atoms with Crippen molar-refractivity contribution in [3.63, 3.8) is 0 Å². The summed E-state index contributed by atoms with van der Waals surface area (Å²) in [5, 5.41) is 5.48. The molecule has 0 aliphatic carbocycles. The third kappa shape index (κ3) is 29.4. The zero-order chi connectivity index (χ0) is 24.4. The van der Waals surface area contributed by atoms with Gasteiger partial charge in [0.2, 0.25) is 11.8 Å². The molecule has 0 bridgehead atoms. The van der Waals surface area contributed by atoms with Crippen LogP contribution in [0.4, 0.5) is 0 Å². The van der Waals surface area contributed by atoms with Crippen LogP contribution in [0.15, 0.2) is 0 Å². The number of nitrogens with one attached hydrogen (secondary N) is 2. The number of aldehydes is 1. The molecule has 0 aliphatic heterocycles. The van der Waals surface area contributed by atoms with E-state index in [0.29, 0.717) is 19.4 Å². The molecule has 0 rings (SSSR count). The second-order valence-corrected chi connectivity index (χ2v) is 9.14. The summed E-state index contributed by atoms with van der Waals surface area (Å²) >= 11 is 0. The molecule has 1 unspecified atom stereocenters. The van der Waals surface area contributed by atoms with Crippen LogP contribution in [0.3, 0.4) is 0 Å². The minimum absolute atomic E-state index is 0. The van der Waals surface area contributed by atoms with Crippen LogP contribution < -0.4 is 40.2 Å². The zero-order valence-electron chi connectivity index (χ0n) is 22.6. The fourth-order valence-electron chi connectivity index (χ4n) is 3.85. The molecular formula is C27H50N2NaO5-. The molecule has 0 aliphatic rings. The summed E-state index contributed by atoms with van der Waals surface area (Å²) in [5.41, 5.74) is 0. The van der Waals surface area contributed by atoms with Gasteiger partial charge in [0.1, 0.15) is 6.29 Å². The van der Waals surface area contributed by atoms with Crippen LogP contribution in [0.1, 0.15) is 135 Å². The Hall–Kier alpha value is -0.760. The van der Waals surface area contributed by atoms with Crippen LogP contribution in [-0.4, -0.2) is 42.4 Å². The van der Waals surface area contributed by atoms with Crippen LogP contribution in [0.25, 0.3) is 0 Å². The van der Waals surface area contributed by atoms with Crippen molar-refractivity contribution >= 4 is 24.4 Å². The predicted molar refractivity (Wildman–Crippen MR) is 137 cm³/mol. The van der Waals surface area contributed by atoms with Gasteiger partial charge >= 0.3 is 29.6 Å². The molecule has 0 fully saturated rings. The Kier molecular flexibility index (Phi) is 34.6. The summed E-state index contributed by atoms with van der Waals surface area (Å²) in [6.07, 6.45) is 23.1. The van der Waals surface area contributed by atoms with E-state index in [9.17, 15) is 19.2 Å². The maximum Gasteiger partial charge on any atom is 1.00 e. The van der Waals surface area contributed by atoms with Crippen molar-refractivity contribution in [1.82, 2.24) is 10.6 Å². The van der Waals surface area contributed by atoms with Gasteiger partial charge in [0.15, 0.2) is 0 Å². The van der Waals surface area contributed by atoms with E-state index in [4.69, 9.17) is 0 Å². The molecule has 3 N–H and O–H groups in total. The summed E-state index contributed by atoms with van der Waals surface area (Å²) < 4.78 is 0. The molecule has 35 heavy (non-hydrogen) atoms. The first-order valence-corrected chi connectivity index (χ1v) is 13.5. The molecule has 0 aromatic rings. The first-order valence-electron chi connectivity index (χ1n) is 13.5. The third-order valence-electron chi connectivity index (χ3n) is 5.97. The smallest absolute Gasteiger partial charge is 0.870 e. The van der Waals surface area contributed by atoms with Crippen LogP contribution >= 0.6 is 0 Å². The van der Waals surface area contributed by atoms with Crippen molar-refractivity contribution < 1.29 is 54.2 Å². The van der Waals surface area contributed by atoms with Crippen molar-refractivity contribution in [3.8, 4) is 0 Å². The first kappa shape index (κ1) is 38.8. The van der Waals surface area contributed by atoms with Crippen LogP contribution in [-0.2, 0) is 19.2 Å². The minimum Gasteiger partial charge on any atom is -0.870 e. The summed E-state index contributed by atoms with van der Waals surface area (Å²) in [5.74, 6) is -0.265. The maximum atomic E-state index is 12.0. The van der Waals surface area contributed by atoms with E-state index >= 15 is 0 Å². The number of unbranched alkanes of at least 4 members (excludes halogenated alkanes) is 15. The zero-order valence-corrected chi connectivity index (χ0v) is 24.6. The molecule has 0 radical (unpaired) electrons. The molecule has 0 saturated carbocycles. The van der Waals surface area contributed by atoms with Gasteiger partial charge in [-0.2, -0.15) is 0 Å². The number of carbonyl (C=O) groups is 3. The number of rotatable bonds is 25. The molecule has 2 amide bonds. The van der Waals surface area contributed by atoms with E-state index in [0.717, 1.165) is 44.8 Å². The molecule has 1 atom stereocenters. The largest absolute Gasteiger partial charge is 1.00 e. The van der Waals surface area contributed by atoms with Crippen molar-refractivity contribution in [1.29, 1.82) is 0 Å². The van der Waals surface area contributed by atoms with Crippen LogP contribution in [0.5, 0.6) is 0 Å². The van der Waals surface area contributed by atoms with Crippen molar-refractivity contribution in [2.24, 2.45) is 0 Å². The van der Waals surface area contributed by atoms with Crippen LogP contribution in [0.2, 0.25) is 0 Å². The second kappa shape index (κ2) is 31.3. The Balaban J connectivity index is -0.00000512. The second-order valence-electron chi connectivity index (χ2n) is 9.14. The first-order chi connectivity index (χ1) is 16.1. The van der Waals surface area contributed by atoms with E-state index < -0.39 is 6.04 Å².